The Hall–Kier alpha value is -0.990. The average Bonchev–Trinajstić information content (AvgIpc) is 2.49. The number of ether oxygens (including phenoxy) is 1. The second-order valence-corrected chi connectivity index (χ2v) is 6.13. The fourth-order valence-corrected chi connectivity index (χ4v) is 2.71. The molecule has 0 amide bonds. The lowest BCUT2D eigenvalue weighted by Crippen LogP contribution is -2.10. The summed E-state index contributed by atoms with van der Waals surface area (Å²) in [6.07, 6.45) is 1.99. The monoisotopic (exact) mass is 352 g/mol. The largest absolute Gasteiger partial charge is 0.497 e. The summed E-state index contributed by atoms with van der Waals surface area (Å²) in [6.45, 7) is 0. The predicted molar refractivity (Wildman–Crippen MR) is 88.8 cm³/mol. The number of rotatable bonds is 6. The first kappa shape index (κ1) is 15.4. The Bertz CT molecular complexity index is 522. The lowest BCUT2D eigenvalue weighted by Gasteiger charge is -2.14. The highest BCUT2D eigenvalue weighted by atomic mass is 79.9. The molecular formula is C17H18BrClO. The molecule has 0 aliphatic rings. The van der Waals surface area contributed by atoms with Gasteiger partial charge in [0, 0.05) is 10.4 Å². The molecule has 0 saturated heterocycles. The first-order valence-corrected chi connectivity index (χ1v) is 7.97. The Labute approximate surface area is 134 Å². The van der Waals surface area contributed by atoms with E-state index in [2.05, 4.69) is 52.3 Å². The van der Waals surface area contributed by atoms with Crippen molar-refractivity contribution in [3.63, 3.8) is 0 Å². The molecule has 20 heavy (non-hydrogen) atoms. The third-order valence-electron chi connectivity index (χ3n) is 3.34. The van der Waals surface area contributed by atoms with E-state index in [0.29, 0.717) is 11.8 Å². The number of alkyl halides is 1. The molecule has 1 atom stereocenters. The molecule has 0 radical (unpaired) electrons. The number of hydrogen-bond acceptors (Lipinski definition) is 1. The zero-order chi connectivity index (χ0) is 14.4. The van der Waals surface area contributed by atoms with Gasteiger partial charge in [-0.05, 0) is 54.2 Å². The van der Waals surface area contributed by atoms with Gasteiger partial charge in [-0.25, -0.2) is 0 Å². The molecule has 0 fully saturated rings. The lowest BCUT2D eigenvalue weighted by molar-refractivity contribution is 0.414. The molecule has 2 aromatic rings. The van der Waals surface area contributed by atoms with E-state index < -0.39 is 0 Å². The van der Waals surface area contributed by atoms with Crippen LogP contribution in [0.15, 0.2) is 53.0 Å². The second-order valence-electron chi connectivity index (χ2n) is 4.90. The van der Waals surface area contributed by atoms with E-state index in [1.165, 1.54) is 11.1 Å². The highest BCUT2D eigenvalue weighted by molar-refractivity contribution is 9.10. The Morgan fingerprint density at radius 1 is 0.950 bits per heavy atom. The number of benzene rings is 2. The molecule has 0 aliphatic carbocycles. The molecule has 0 spiro atoms. The second kappa shape index (κ2) is 7.70. The average molecular weight is 354 g/mol. The third kappa shape index (κ3) is 4.53. The summed E-state index contributed by atoms with van der Waals surface area (Å²) in [7, 11) is 1.68. The minimum Gasteiger partial charge on any atom is -0.497 e. The van der Waals surface area contributed by atoms with Gasteiger partial charge in [0.05, 0.1) is 7.11 Å². The molecule has 0 saturated carbocycles. The quantitative estimate of drug-likeness (QED) is 0.657. The molecule has 1 nitrogen and oxygen atoms in total. The van der Waals surface area contributed by atoms with Crippen LogP contribution >= 0.6 is 27.5 Å². The van der Waals surface area contributed by atoms with Crippen molar-refractivity contribution in [2.75, 3.05) is 13.0 Å². The molecule has 106 valence electrons. The normalized spacial score (nSPS) is 12.2. The SMILES string of the molecule is COc1ccc(CC(CCl)Cc2ccc(Br)cc2)cc1. The smallest absolute Gasteiger partial charge is 0.118 e. The van der Waals surface area contributed by atoms with Crippen LogP contribution in [0.5, 0.6) is 5.75 Å². The van der Waals surface area contributed by atoms with E-state index in [1.54, 1.807) is 7.11 Å². The van der Waals surface area contributed by atoms with Crippen LogP contribution < -0.4 is 4.74 Å². The van der Waals surface area contributed by atoms with Crippen LogP contribution in [0.25, 0.3) is 0 Å². The van der Waals surface area contributed by atoms with Crippen LogP contribution in [0.3, 0.4) is 0 Å². The molecule has 0 aromatic heterocycles. The molecule has 0 N–H and O–H groups in total. The minimum absolute atomic E-state index is 0.450. The topological polar surface area (TPSA) is 9.23 Å². The van der Waals surface area contributed by atoms with Crippen molar-refractivity contribution < 1.29 is 4.74 Å². The maximum Gasteiger partial charge on any atom is 0.118 e. The van der Waals surface area contributed by atoms with Crippen LogP contribution in [0.1, 0.15) is 11.1 Å². The van der Waals surface area contributed by atoms with E-state index in [0.717, 1.165) is 23.1 Å². The van der Waals surface area contributed by atoms with Gasteiger partial charge in [-0.3, -0.25) is 0 Å². The van der Waals surface area contributed by atoms with Gasteiger partial charge < -0.3 is 4.74 Å². The van der Waals surface area contributed by atoms with Gasteiger partial charge in [0.25, 0.3) is 0 Å². The van der Waals surface area contributed by atoms with Crippen LogP contribution in [0.4, 0.5) is 0 Å². The van der Waals surface area contributed by atoms with Crippen molar-refractivity contribution in [3.05, 3.63) is 64.1 Å². The summed E-state index contributed by atoms with van der Waals surface area (Å²) in [4.78, 5) is 0. The summed E-state index contributed by atoms with van der Waals surface area (Å²) in [5, 5.41) is 0. The van der Waals surface area contributed by atoms with Gasteiger partial charge >= 0.3 is 0 Å². The van der Waals surface area contributed by atoms with E-state index >= 15 is 0 Å². The molecule has 0 heterocycles. The van der Waals surface area contributed by atoms with Crippen LogP contribution in [-0.4, -0.2) is 13.0 Å². The van der Waals surface area contributed by atoms with Gasteiger partial charge in [-0.15, -0.1) is 11.6 Å². The van der Waals surface area contributed by atoms with Crippen LogP contribution in [0.2, 0.25) is 0 Å². The standard InChI is InChI=1S/C17H18BrClO/c1-20-17-8-4-14(5-9-17)11-15(12-19)10-13-2-6-16(18)7-3-13/h2-9,15H,10-12H2,1H3. The Kier molecular flexibility index (Phi) is 5.93. The van der Waals surface area contributed by atoms with Gasteiger partial charge in [0.2, 0.25) is 0 Å². The zero-order valence-electron chi connectivity index (χ0n) is 11.5. The van der Waals surface area contributed by atoms with Crippen molar-refractivity contribution >= 4 is 27.5 Å². The van der Waals surface area contributed by atoms with Crippen molar-refractivity contribution in [2.24, 2.45) is 5.92 Å². The summed E-state index contributed by atoms with van der Waals surface area (Å²) in [5.41, 5.74) is 2.63. The van der Waals surface area contributed by atoms with Gasteiger partial charge in [-0.2, -0.15) is 0 Å². The third-order valence-corrected chi connectivity index (χ3v) is 4.30. The summed E-state index contributed by atoms with van der Waals surface area (Å²) < 4.78 is 6.29. The van der Waals surface area contributed by atoms with Crippen molar-refractivity contribution in [1.29, 1.82) is 0 Å². The highest BCUT2D eigenvalue weighted by Crippen LogP contribution is 2.20. The van der Waals surface area contributed by atoms with Crippen LogP contribution in [0, 0.1) is 5.92 Å². The van der Waals surface area contributed by atoms with Crippen molar-refractivity contribution in [2.45, 2.75) is 12.8 Å². The maximum absolute atomic E-state index is 6.12. The fourth-order valence-electron chi connectivity index (χ4n) is 2.23. The van der Waals surface area contributed by atoms with E-state index in [9.17, 15) is 0 Å². The molecular weight excluding hydrogens is 336 g/mol. The Morgan fingerprint density at radius 2 is 1.45 bits per heavy atom. The van der Waals surface area contributed by atoms with Crippen molar-refractivity contribution in [1.82, 2.24) is 0 Å². The van der Waals surface area contributed by atoms with E-state index in [4.69, 9.17) is 16.3 Å². The van der Waals surface area contributed by atoms with Gasteiger partial charge in [-0.1, -0.05) is 40.2 Å². The molecule has 1 unspecified atom stereocenters. The van der Waals surface area contributed by atoms with Crippen molar-refractivity contribution in [3.8, 4) is 5.75 Å². The summed E-state index contributed by atoms with van der Waals surface area (Å²) in [6, 6.07) is 16.7. The first-order valence-electron chi connectivity index (χ1n) is 6.64. The Morgan fingerprint density at radius 3 is 1.90 bits per heavy atom. The number of halogens is 2. The van der Waals surface area contributed by atoms with Gasteiger partial charge in [0.1, 0.15) is 5.75 Å². The van der Waals surface area contributed by atoms with E-state index in [1.807, 2.05) is 12.1 Å². The maximum atomic E-state index is 6.12. The number of hydrogen-bond donors (Lipinski definition) is 0. The number of methoxy groups -OCH3 is 1. The Balaban J connectivity index is 1.99. The molecule has 2 rings (SSSR count). The first-order chi connectivity index (χ1) is 9.71. The summed E-state index contributed by atoms with van der Waals surface area (Å²) >= 11 is 9.58. The van der Waals surface area contributed by atoms with Crippen LogP contribution in [-0.2, 0) is 12.8 Å². The molecule has 0 bridgehead atoms. The van der Waals surface area contributed by atoms with E-state index in [-0.39, 0.29) is 0 Å². The zero-order valence-corrected chi connectivity index (χ0v) is 13.8. The fraction of sp³-hybridized carbons (Fsp3) is 0.294. The lowest BCUT2D eigenvalue weighted by atomic mass is 9.94. The summed E-state index contributed by atoms with van der Waals surface area (Å²) in [5.74, 6) is 2.01. The minimum atomic E-state index is 0.450. The molecule has 2 aromatic carbocycles. The highest BCUT2D eigenvalue weighted by Gasteiger charge is 2.10. The molecule has 0 aliphatic heterocycles. The predicted octanol–water partition coefficient (Wildman–Crippen LogP) is 5.10. The molecule has 3 heteroatoms. The van der Waals surface area contributed by atoms with Gasteiger partial charge in [0.15, 0.2) is 0 Å².